The molecule has 138 valence electrons. The van der Waals surface area contributed by atoms with Gasteiger partial charge in [0.05, 0.1) is 0 Å². The number of carbonyl (C=O) groups is 1. The summed E-state index contributed by atoms with van der Waals surface area (Å²) in [7, 11) is 0. The minimum atomic E-state index is 0.0700. The molecule has 1 aliphatic heterocycles. The molecule has 2 aromatic rings. The number of pyridine rings is 1. The Hall–Kier alpha value is -1.08. The van der Waals surface area contributed by atoms with Gasteiger partial charge in [-0.2, -0.15) is 0 Å². The van der Waals surface area contributed by atoms with E-state index in [1.807, 2.05) is 36.0 Å². The van der Waals surface area contributed by atoms with Crippen molar-refractivity contribution in [3.63, 3.8) is 0 Å². The summed E-state index contributed by atoms with van der Waals surface area (Å²) in [5.41, 5.74) is 0. The van der Waals surface area contributed by atoms with Crippen molar-refractivity contribution >= 4 is 51.0 Å². The lowest BCUT2D eigenvalue weighted by molar-refractivity contribution is -0.121. The van der Waals surface area contributed by atoms with Crippen LogP contribution in [0.5, 0.6) is 0 Å². The van der Waals surface area contributed by atoms with Gasteiger partial charge in [-0.1, -0.05) is 11.6 Å². The molecular weight excluding hydrogens is 434 g/mol. The summed E-state index contributed by atoms with van der Waals surface area (Å²) in [6.07, 6.45) is 3.48. The number of thioether (sulfide) groups is 1. The number of rotatable bonds is 6. The molecular formula is C19H21BrClN3OS. The highest BCUT2D eigenvalue weighted by Gasteiger charge is 2.25. The van der Waals surface area contributed by atoms with Gasteiger partial charge in [-0.25, -0.2) is 4.98 Å². The molecule has 4 nitrogen and oxygen atoms in total. The lowest BCUT2D eigenvalue weighted by Crippen LogP contribution is -2.39. The molecule has 0 atom stereocenters. The zero-order valence-electron chi connectivity index (χ0n) is 14.3. The minimum absolute atomic E-state index is 0.0700. The number of nitrogens with one attached hydrogen (secondary N) is 1. The van der Waals surface area contributed by atoms with Crippen LogP contribution in [-0.2, 0) is 4.79 Å². The molecule has 26 heavy (non-hydrogen) atoms. The number of benzene rings is 1. The third kappa shape index (κ3) is 5.98. The Bertz CT molecular complexity index is 719. The highest BCUT2D eigenvalue weighted by molar-refractivity contribution is 9.10. The van der Waals surface area contributed by atoms with E-state index in [9.17, 15) is 4.79 Å². The van der Waals surface area contributed by atoms with E-state index in [1.54, 1.807) is 6.20 Å². The Morgan fingerprint density at radius 2 is 1.96 bits per heavy atom. The van der Waals surface area contributed by atoms with Crippen LogP contribution in [0.4, 0.5) is 5.82 Å². The van der Waals surface area contributed by atoms with Crippen LogP contribution in [0.1, 0.15) is 12.8 Å². The molecule has 0 radical (unpaired) electrons. The van der Waals surface area contributed by atoms with Crippen LogP contribution < -0.4 is 5.32 Å². The van der Waals surface area contributed by atoms with Crippen LogP contribution >= 0.6 is 39.3 Å². The Balaban J connectivity index is 1.37. The standard InChI is InChI=1S/C19H21BrClN3OS/c20-15-1-6-18(22-13-15)23-19(25)14-7-9-24(10-8-14)11-12-26-17-4-2-16(21)3-5-17/h1-6,13-14H,7-12H2,(H,22,23,25). The van der Waals surface area contributed by atoms with Gasteiger partial charge in [-0.3, -0.25) is 4.79 Å². The maximum atomic E-state index is 12.4. The van der Waals surface area contributed by atoms with Gasteiger partial charge in [-0.15, -0.1) is 11.8 Å². The molecule has 0 spiro atoms. The van der Waals surface area contributed by atoms with Crippen molar-refractivity contribution in [1.29, 1.82) is 0 Å². The molecule has 0 bridgehead atoms. The molecule has 1 N–H and O–H groups in total. The van der Waals surface area contributed by atoms with E-state index in [0.29, 0.717) is 5.82 Å². The maximum absolute atomic E-state index is 12.4. The largest absolute Gasteiger partial charge is 0.310 e. The predicted molar refractivity (Wildman–Crippen MR) is 112 cm³/mol. The van der Waals surface area contributed by atoms with Gasteiger partial charge in [0, 0.05) is 38.8 Å². The fourth-order valence-electron chi connectivity index (χ4n) is 2.92. The molecule has 1 fully saturated rings. The first-order valence-electron chi connectivity index (χ1n) is 8.63. The number of piperidine rings is 1. The Labute approximate surface area is 171 Å². The van der Waals surface area contributed by atoms with Crippen molar-refractivity contribution < 1.29 is 4.79 Å². The first kappa shape index (κ1) is 19.7. The van der Waals surface area contributed by atoms with Crippen LogP contribution in [-0.4, -0.2) is 41.2 Å². The zero-order valence-corrected chi connectivity index (χ0v) is 17.5. The van der Waals surface area contributed by atoms with E-state index in [2.05, 4.69) is 43.3 Å². The first-order valence-corrected chi connectivity index (χ1v) is 10.8. The van der Waals surface area contributed by atoms with Crippen molar-refractivity contribution in [3.05, 3.63) is 52.1 Å². The lowest BCUT2D eigenvalue weighted by atomic mass is 9.96. The summed E-state index contributed by atoms with van der Waals surface area (Å²) >= 11 is 11.1. The van der Waals surface area contributed by atoms with Gasteiger partial charge in [0.25, 0.3) is 0 Å². The minimum Gasteiger partial charge on any atom is -0.310 e. The second-order valence-corrected chi connectivity index (χ2v) is 8.79. The third-order valence-electron chi connectivity index (χ3n) is 4.43. The van der Waals surface area contributed by atoms with Gasteiger partial charge in [0.1, 0.15) is 5.82 Å². The van der Waals surface area contributed by atoms with Gasteiger partial charge in [0.15, 0.2) is 0 Å². The normalized spacial score (nSPS) is 15.8. The van der Waals surface area contributed by atoms with Crippen molar-refractivity contribution in [2.45, 2.75) is 17.7 Å². The summed E-state index contributed by atoms with van der Waals surface area (Å²) < 4.78 is 0.903. The molecule has 2 heterocycles. The molecule has 0 unspecified atom stereocenters. The SMILES string of the molecule is O=C(Nc1ccc(Br)cn1)C1CCN(CCSc2ccc(Cl)cc2)CC1. The summed E-state index contributed by atoms with van der Waals surface area (Å²) in [6.45, 7) is 2.97. The second kappa shape index (κ2) is 9.74. The van der Waals surface area contributed by atoms with E-state index < -0.39 is 0 Å². The van der Waals surface area contributed by atoms with Gasteiger partial charge >= 0.3 is 0 Å². The maximum Gasteiger partial charge on any atom is 0.228 e. The van der Waals surface area contributed by atoms with Crippen molar-refractivity contribution in [2.75, 3.05) is 30.7 Å². The number of anilines is 1. The lowest BCUT2D eigenvalue weighted by Gasteiger charge is -2.31. The van der Waals surface area contributed by atoms with E-state index in [0.717, 1.165) is 47.7 Å². The average molecular weight is 455 g/mol. The average Bonchev–Trinajstić information content (AvgIpc) is 2.66. The Kier molecular flexibility index (Phi) is 7.37. The number of hydrogen-bond donors (Lipinski definition) is 1. The van der Waals surface area contributed by atoms with Crippen LogP contribution in [0, 0.1) is 5.92 Å². The number of nitrogens with zero attached hydrogens (tertiary/aromatic N) is 2. The number of hydrogen-bond acceptors (Lipinski definition) is 4. The molecule has 1 amide bonds. The van der Waals surface area contributed by atoms with E-state index >= 15 is 0 Å². The van der Waals surface area contributed by atoms with Crippen molar-refractivity contribution in [2.24, 2.45) is 5.92 Å². The predicted octanol–water partition coefficient (Wildman–Crippen LogP) is 4.94. The fraction of sp³-hybridized carbons (Fsp3) is 0.368. The first-order chi connectivity index (χ1) is 12.6. The topological polar surface area (TPSA) is 45.2 Å². The Morgan fingerprint density at radius 3 is 2.62 bits per heavy atom. The summed E-state index contributed by atoms with van der Waals surface area (Å²) in [4.78, 5) is 20.3. The summed E-state index contributed by atoms with van der Waals surface area (Å²) in [5.74, 6) is 1.80. The third-order valence-corrected chi connectivity index (χ3v) is 6.14. The van der Waals surface area contributed by atoms with Gasteiger partial charge in [-0.05, 0) is 78.3 Å². The quantitative estimate of drug-likeness (QED) is 0.628. The molecule has 1 aromatic heterocycles. The van der Waals surface area contributed by atoms with Crippen LogP contribution in [0.25, 0.3) is 0 Å². The Morgan fingerprint density at radius 1 is 1.23 bits per heavy atom. The van der Waals surface area contributed by atoms with Gasteiger partial charge in [0.2, 0.25) is 5.91 Å². The smallest absolute Gasteiger partial charge is 0.228 e. The summed E-state index contributed by atoms with van der Waals surface area (Å²) in [5, 5.41) is 3.69. The number of halogens is 2. The molecule has 3 rings (SSSR count). The van der Waals surface area contributed by atoms with E-state index in [4.69, 9.17) is 11.6 Å². The molecule has 1 aromatic carbocycles. The highest BCUT2D eigenvalue weighted by atomic mass is 79.9. The van der Waals surface area contributed by atoms with Crippen LogP contribution in [0.15, 0.2) is 52.0 Å². The molecule has 1 aliphatic rings. The monoisotopic (exact) mass is 453 g/mol. The van der Waals surface area contributed by atoms with Gasteiger partial charge < -0.3 is 10.2 Å². The number of aromatic nitrogens is 1. The second-order valence-electron chi connectivity index (χ2n) is 6.27. The van der Waals surface area contributed by atoms with E-state index in [-0.39, 0.29) is 11.8 Å². The van der Waals surface area contributed by atoms with Crippen LogP contribution in [0.3, 0.4) is 0 Å². The fourth-order valence-corrected chi connectivity index (χ4v) is 4.19. The molecule has 7 heteroatoms. The van der Waals surface area contributed by atoms with E-state index in [1.165, 1.54) is 4.90 Å². The van der Waals surface area contributed by atoms with Crippen molar-refractivity contribution in [1.82, 2.24) is 9.88 Å². The van der Waals surface area contributed by atoms with Crippen molar-refractivity contribution in [3.8, 4) is 0 Å². The molecule has 0 aliphatic carbocycles. The van der Waals surface area contributed by atoms with Crippen LogP contribution in [0.2, 0.25) is 5.02 Å². The summed E-state index contributed by atoms with van der Waals surface area (Å²) in [6, 6.07) is 11.6. The number of likely N-dealkylation sites (tertiary alicyclic amines) is 1. The zero-order chi connectivity index (χ0) is 18.4. The highest BCUT2D eigenvalue weighted by Crippen LogP contribution is 2.23. The molecule has 0 saturated carbocycles. The number of amides is 1. The number of carbonyl (C=O) groups excluding carboxylic acids is 1. The molecule has 1 saturated heterocycles.